The fourth-order valence-corrected chi connectivity index (χ4v) is 3.83. The second kappa shape index (κ2) is 13.0. The molecule has 0 unspecified atom stereocenters. The molecule has 0 atom stereocenters. The Bertz CT molecular complexity index is 1080. The summed E-state index contributed by atoms with van der Waals surface area (Å²) in [5.41, 5.74) is 1.94. The number of nitrogens with zero attached hydrogens (tertiary/aromatic N) is 3. The number of aromatic nitrogens is 2. The number of hydrogen-bond donors (Lipinski definition) is 3. The normalized spacial score (nSPS) is 14.4. The third kappa shape index (κ3) is 11.8. The highest BCUT2D eigenvalue weighted by molar-refractivity contribution is 7.88. The van der Waals surface area contributed by atoms with E-state index in [0.29, 0.717) is 0 Å². The Morgan fingerprint density at radius 2 is 1.67 bits per heavy atom. The highest BCUT2D eigenvalue weighted by atomic mass is 32.2. The summed E-state index contributed by atoms with van der Waals surface area (Å²) in [4.78, 5) is 25.9. The lowest BCUT2D eigenvalue weighted by Crippen LogP contribution is -2.25. The Morgan fingerprint density at radius 1 is 1.11 bits per heavy atom. The van der Waals surface area contributed by atoms with Gasteiger partial charge in [0.15, 0.2) is 0 Å². The van der Waals surface area contributed by atoms with Crippen molar-refractivity contribution in [1.29, 1.82) is 0 Å². The Kier molecular flexibility index (Phi) is 11.3. The van der Waals surface area contributed by atoms with E-state index in [1.165, 1.54) is 11.1 Å². The maximum Gasteiger partial charge on any atom is 0.490 e. The number of rotatable bonds is 5. The van der Waals surface area contributed by atoms with Crippen LogP contribution in [0.5, 0.6) is 0 Å². The largest absolute Gasteiger partial charge is 0.490 e. The number of nitrogens with one attached hydrogen (secondary N) is 1. The van der Waals surface area contributed by atoms with Crippen molar-refractivity contribution in [1.82, 2.24) is 19.2 Å². The molecule has 0 radical (unpaired) electrons. The predicted octanol–water partition coefficient (Wildman–Crippen LogP) is 2.67. The molecule has 36 heavy (non-hydrogen) atoms. The summed E-state index contributed by atoms with van der Waals surface area (Å²) in [6, 6.07) is 4.22. The van der Waals surface area contributed by atoms with E-state index in [0.717, 1.165) is 44.0 Å². The minimum absolute atomic E-state index is 0.258. The van der Waals surface area contributed by atoms with Crippen LogP contribution in [0.25, 0.3) is 0 Å². The number of aryl methyl sites for hydroxylation is 1. The molecule has 0 saturated heterocycles. The quantitative estimate of drug-likeness (QED) is 0.468. The molecule has 0 amide bonds. The number of imidazole rings is 1. The van der Waals surface area contributed by atoms with Crippen LogP contribution in [0.4, 0.5) is 26.3 Å². The molecular formula is C18H22F6N4O6S2. The van der Waals surface area contributed by atoms with E-state index >= 15 is 0 Å². The molecule has 2 aromatic rings. The molecule has 204 valence electrons. The molecule has 1 aliphatic rings. The van der Waals surface area contributed by atoms with Gasteiger partial charge in [0.05, 0.1) is 30.5 Å². The minimum atomic E-state index is -5.08. The third-order valence-corrected chi connectivity index (χ3v) is 5.76. The number of sulfonamides is 1. The average molecular weight is 569 g/mol. The fourth-order valence-electron chi connectivity index (χ4n) is 2.68. The number of carbonyl (C=O) groups is 2. The van der Waals surface area contributed by atoms with Gasteiger partial charge in [0.1, 0.15) is 0 Å². The molecule has 18 heteroatoms. The molecule has 0 bridgehead atoms. The van der Waals surface area contributed by atoms with Gasteiger partial charge in [-0.3, -0.25) is 4.90 Å². The number of carboxylic acids is 2. The van der Waals surface area contributed by atoms with Gasteiger partial charge in [-0.1, -0.05) is 6.07 Å². The maximum absolute atomic E-state index is 11.3. The Balaban J connectivity index is 0.000000383. The topological polar surface area (TPSA) is 142 Å². The standard InChI is InChI=1S/C14H20N4O2S2.2C2HF3O2/c1-22(19,20)16-8-13-14-10-17(9-12-4-2-7-21-12)5-3-6-18(14)11-15-13;2*3-2(4,5)1(6)7/h2,4,7,11,16H,3,5-6,8-10H2,1H3;2*(H,6,7). The molecular weight excluding hydrogens is 546 g/mol. The van der Waals surface area contributed by atoms with Crippen LogP contribution < -0.4 is 4.72 Å². The number of halogens is 6. The zero-order valence-electron chi connectivity index (χ0n) is 18.5. The van der Waals surface area contributed by atoms with Crippen molar-refractivity contribution in [3.8, 4) is 0 Å². The molecule has 3 heterocycles. The van der Waals surface area contributed by atoms with Crippen LogP contribution in [0, 0.1) is 0 Å². The highest BCUT2D eigenvalue weighted by Crippen LogP contribution is 2.20. The summed E-state index contributed by atoms with van der Waals surface area (Å²) in [6.07, 6.45) is -6.10. The van der Waals surface area contributed by atoms with Crippen molar-refractivity contribution in [3.63, 3.8) is 0 Å². The number of alkyl halides is 6. The van der Waals surface area contributed by atoms with Crippen LogP contribution in [0.1, 0.15) is 22.7 Å². The van der Waals surface area contributed by atoms with Crippen molar-refractivity contribution in [2.75, 3.05) is 12.8 Å². The minimum Gasteiger partial charge on any atom is -0.475 e. The van der Waals surface area contributed by atoms with Crippen LogP contribution >= 0.6 is 11.3 Å². The van der Waals surface area contributed by atoms with Gasteiger partial charge >= 0.3 is 24.3 Å². The molecule has 0 fully saturated rings. The van der Waals surface area contributed by atoms with Crippen LogP contribution in [-0.2, 0) is 45.8 Å². The summed E-state index contributed by atoms with van der Waals surface area (Å²) in [6.45, 7) is 3.97. The SMILES string of the molecule is CS(=O)(=O)NCc1ncn2c1CN(Cc1cccs1)CCC2.O=C(O)C(F)(F)F.O=C(O)C(F)(F)F. The second-order valence-corrected chi connectivity index (χ2v) is 10.0. The van der Waals surface area contributed by atoms with Crippen molar-refractivity contribution >= 4 is 33.3 Å². The molecule has 2 aromatic heterocycles. The first-order valence-corrected chi connectivity index (χ1v) is 12.5. The number of hydrogen-bond acceptors (Lipinski definition) is 7. The lowest BCUT2D eigenvalue weighted by atomic mass is 10.3. The predicted molar refractivity (Wildman–Crippen MR) is 114 cm³/mol. The van der Waals surface area contributed by atoms with E-state index in [-0.39, 0.29) is 6.54 Å². The molecule has 0 saturated carbocycles. The smallest absolute Gasteiger partial charge is 0.475 e. The second-order valence-electron chi connectivity index (χ2n) is 7.17. The van der Waals surface area contributed by atoms with Gasteiger partial charge in [-0.15, -0.1) is 11.3 Å². The lowest BCUT2D eigenvalue weighted by molar-refractivity contribution is -0.193. The fraction of sp³-hybridized carbons (Fsp3) is 0.500. The first-order chi connectivity index (χ1) is 16.4. The van der Waals surface area contributed by atoms with Gasteiger partial charge in [0.2, 0.25) is 10.0 Å². The summed E-state index contributed by atoms with van der Waals surface area (Å²) in [5.74, 6) is -5.51. The highest BCUT2D eigenvalue weighted by Gasteiger charge is 2.38. The van der Waals surface area contributed by atoms with E-state index in [2.05, 4.69) is 36.7 Å². The molecule has 1 aliphatic heterocycles. The molecule has 0 spiro atoms. The van der Waals surface area contributed by atoms with Crippen LogP contribution in [-0.4, -0.2) is 70.2 Å². The summed E-state index contributed by atoms with van der Waals surface area (Å²) in [7, 11) is -3.20. The Morgan fingerprint density at radius 3 is 2.11 bits per heavy atom. The third-order valence-electron chi connectivity index (χ3n) is 4.23. The van der Waals surface area contributed by atoms with Gasteiger partial charge in [-0.25, -0.2) is 27.7 Å². The van der Waals surface area contributed by atoms with Crippen molar-refractivity contribution < 1.29 is 54.6 Å². The van der Waals surface area contributed by atoms with Gasteiger partial charge in [0.25, 0.3) is 0 Å². The molecule has 3 N–H and O–H groups in total. The summed E-state index contributed by atoms with van der Waals surface area (Å²) in [5, 5.41) is 16.3. The molecule has 0 aromatic carbocycles. The van der Waals surface area contributed by atoms with Crippen molar-refractivity contribution in [2.24, 2.45) is 0 Å². The average Bonchev–Trinajstić information content (AvgIpc) is 3.31. The first kappa shape index (κ1) is 31.3. The molecule has 10 nitrogen and oxygen atoms in total. The van der Waals surface area contributed by atoms with Crippen LogP contribution in [0.3, 0.4) is 0 Å². The summed E-state index contributed by atoms with van der Waals surface area (Å²) < 4.78 is 90.7. The molecule has 3 rings (SSSR count). The first-order valence-electron chi connectivity index (χ1n) is 9.72. The Hall–Kier alpha value is -2.70. The van der Waals surface area contributed by atoms with Crippen molar-refractivity contribution in [3.05, 3.63) is 40.1 Å². The van der Waals surface area contributed by atoms with E-state index in [1.54, 1.807) is 11.3 Å². The summed E-state index contributed by atoms with van der Waals surface area (Å²) >= 11 is 1.77. The van der Waals surface area contributed by atoms with Gasteiger partial charge in [-0.05, 0) is 17.9 Å². The van der Waals surface area contributed by atoms with E-state index in [1.807, 2.05) is 6.33 Å². The molecule has 0 aliphatic carbocycles. The van der Waals surface area contributed by atoms with E-state index < -0.39 is 34.3 Å². The van der Waals surface area contributed by atoms with Gasteiger partial charge in [-0.2, -0.15) is 26.3 Å². The number of thiophene rings is 1. The van der Waals surface area contributed by atoms with Gasteiger partial charge < -0.3 is 14.8 Å². The van der Waals surface area contributed by atoms with Gasteiger partial charge in [0, 0.05) is 31.1 Å². The zero-order chi connectivity index (χ0) is 27.7. The number of fused-ring (bicyclic) bond motifs is 1. The van der Waals surface area contributed by atoms with Crippen LogP contribution in [0.15, 0.2) is 23.8 Å². The maximum atomic E-state index is 11.3. The Labute approximate surface area is 205 Å². The van der Waals surface area contributed by atoms with Crippen molar-refractivity contribution in [2.45, 2.75) is 45.0 Å². The monoisotopic (exact) mass is 568 g/mol. The zero-order valence-corrected chi connectivity index (χ0v) is 20.1. The number of carboxylic acid groups (broad SMARTS) is 2. The van der Waals surface area contributed by atoms with Crippen LogP contribution in [0.2, 0.25) is 0 Å². The van der Waals surface area contributed by atoms with E-state index in [4.69, 9.17) is 19.8 Å². The lowest BCUT2D eigenvalue weighted by Gasteiger charge is -2.19. The van der Waals surface area contributed by atoms with E-state index in [9.17, 15) is 34.8 Å². The number of aliphatic carboxylic acids is 2.